The number of allylic oxidation sites excluding steroid dienone is 1. The van der Waals surface area contributed by atoms with Crippen molar-refractivity contribution in [3.8, 4) is 0 Å². The first-order chi connectivity index (χ1) is 3.93. The van der Waals surface area contributed by atoms with E-state index in [0.717, 1.165) is 6.42 Å². The topological polar surface area (TPSA) is 0 Å². The van der Waals surface area contributed by atoms with E-state index in [1.165, 1.54) is 4.88 Å². The summed E-state index contributed by atoms with van der Waals surface area (Å²) in [6, 6.07) is 5.02. The zero-order valence-electron chi connectivity index (χ0n) is 4.55. The van der Waals surface area contributed by atoms with Gasteiger partial charge in [0.1, 0.15) is 0 Å². The molecule has 0 fully saturated rings. The van der Waals surface area contributed by atoms with Gasteiger partial charge < -0.3 is 0 Å². The Labute approximate surface area is 53.5 Å². The standard InChI is InChI=1S/C7H7S/c1-2-4-7-5-3-6-8-7/h2-3,6H,1,4H2. The molecule has 0 atom stereocenters. The lowest BCUT2D eigenvalue weighted by Crippen LogP contribution is -1.67. The first kappa shape index (κ1) is 5.57. The van der Waals surface area contributed by atoms with E-state index in [0.29, 0.717) is 0 Å². The lowest BCUT2D eigenvalue weighted by molar-refractivity contribution is 1.35. The maximum absolute atomic E-state index is 3.62. The van der Waals surface area contributed by atoms with Gasteiger partial charge in [-0.1, -0.05) is 6.08 Å². The van der Waals surface area contributed by atoms with Gasteiger partial charge in [-0.05, 0) is 17.5 Å². The maximum atomic E-state index is 3.62. The molecule has 41 valence electrons. The highest BCUT2D eigenvalue weighted by molar-refractivity contribution is 7.09. The molecule has 1 rings (SSSR count). The zero-order valence-corrected chi connectivity index (χ0v) is 5.37. The number of thiophene rings is 1. The molecule has 8 heavy (non-hydrogen) atoms. The van der Waals surface area contributed by atoms with Crippen molar-refractivity contribution in [2.75, 3.05) is 0 Å². The van der Waals surface area contributed by atoms with Crippen molar-refractivity contribution in [2.45, 2.75) is 6.42 Å². The molecule has 0 saturated carbocycles. The van der Waals surface area contributed by atoms with E-state index in [4.69, 9.17) is 0 Å². The van der Waals surface area contributed by atoms with E-state index in [9.17, 15) is 0 Å². The zero-order chi connectivity index (χ0) is 5.82. The van der Waals surface area contributed by atoms with Crippen molar-refractivity contribution in [3.63, 3.8) is 0 Å². The molecule has 0 amide bonds. The van der Waals surface area contributed by atoms with Crippen LogP contribution < -0.4 is 0 Å². The van der Waals surface area contributed by atoms with E-state index in [1.807, 2.05) is 17.5 Å². The van der Waals surface area contributed by atoms with Gasteiger partial charge in [-0.3, -0.25) is 0 Å². The molecule has 0 aliphatic heterocycles. The molecule has 0 aliphatic carbocycles. The monoisotopic (exact) mass is 123 g/mol. The molecule has 0 bridgehead atoms. The highest BCUT2D eigenvalue weighted by Gasteiger charge is 1.85. The average molecular weight is 123 g/mol. The minimum absolute atomic E-state index is 0.956. The summed E-state index contributed by atoms with van der Waals surface area (Å²) in [5, 5.41) is 2.03. The Morgan fingerprint density at radius 2 is 2.75 bits per heavy atom. The fourth-order valence-electron chi connectivity index (χ4n) is 0.515. The van der Waals surface area contributed by atoms with Crippen LogP contribution in [0.1, 0.15) is 4.88 Å². The van der Waals surface area contributed by atoms with E-state index in [-0.39, 0.29) is 0 Å². The van der Waals surface area contributed by atoms with Crippen LogP contribution in [0.2, 0.25) is 0 Å². The molecule has 0 nitrogen and oxygen atoms in total. The molecular weight excluding hydrogens is 116 g/mol. The Bertz CT molecular complexity index is 151. The fraction of sp³-hybridized carbons (Fsp3) is 0.143. The van der Waals surface area contributed by atoms with Crippen molar-refractivity contribution in [2.24, 2.45) is 0 Å². The van der Waals surface area contributed by atoms with E-state index < -0.39 is 0 Å². The second-order valence-electron chi connectivity index (χ2n) is 1.48. The van der Waals surface area contributed by atoms with Crippen LogP contribution in [0, 0.1) is 6.07 Å². The molecule has 1 heterocycles. The largest absolute Gasteiger partial charge is 0.148 e. The summed E-state index contributed by atoms with van der Waals surface area (Å²) >= 11 is 1.72. The Morgan fingerprint density at radius 3 is 3.25 bits per heavy atom. The molecular formula is C7H7S. The third-order valence-electron chi connectivity index (χ3n) is 0.852. The molecule has 0 aliphatic rings. The van der Waals surface area contributed by atoms with Crippen LogP contribution in [0.5, 0.6) is 0 Å². The van der Waals surface area contributed by atoms with Crippen LogP contribution in [0.15, 0.2) is 24.1 Å². The third kappa shape index (κ3) is 1.20. The predicted molar refractivity (Wildman–Crippen MR) is 37.1 cm³/mol. The van der Waals surface area contributed by atoms with E-state index in [2.05, 4.69) is 12.6 Å². The molecule has 0 unspecified atom stereocenters. The van der Waals surface area contributed by atoms with E-state index in [1.54, 1.807) is 11.3 Å². The van der Waals surface area contributed by atoms with Crippen LogP contribution in [0.25, 0.3) is 0 Å². The SMILES string of the molecule is C=CCc1[c]ccs1. The molecule has 1 aromatic rings. The first-order valence-electron chi connectivity index (χ1n) is 2.48. The number of hydrogen-bond acceptors (Lipinski definition) is 1. The van der Waals surface area contributed by atoms with E-state index >= 15 is 0 Å². The summed E-state index contributed by atoms with van der Waals surface area (Å²) < 4.78 is 0. The highest BCUT2D eigenvalue weighted by Crippen LogP contribution is 2.07. The van der Waals surface area contributed by atoms with Crippen molar-refractivity contribution in [1.82, 2.24) is 0 Å². The van der Waals surface area contributed by atoms with Gasteiger partial charge in [0, 0.05) is 11.3 Å². The molecule has 0 N–H and O–H groups in total. The Morgan fingerprint density at radius 1 is 1.88 bits per heavy atom. The fourth-order valence-corrected chi connectivity index (χ4v) is 1.17. The van der Waals surface area contributed by atoms with Crippen LogP contribution >= 0.6 is 11.3 Å². The van der Waals surface area contributed by atoms with Gasteiger partial charge in [0.05, 0.1) is 0 Å². The van der Waals surface area contributed by atoms with Crippen LogP contribution in [0.4, 0.5) is 0 Å². The minimum atomic E-state index is 0.956. The Kier molecular flexibility index (Phi) is 1.86. The Balaban J connectivity index is 2.62. The highest BCUT2D eigenvalue weighted by atomic mass is 32.1. The van der Waals surface area contributed by atoms with Gasteiger partial charge in [-0.2, -0.15) is 0 Å². The molecule has 0 aromatic carbocycles. The summed E-state index contributed by atoms with van der Waals surface area (Å²) in [6.07, 6.45) is 2.85. The van der Waals surface area contributed by atoms with Crippen LogP contribution in [-0.2, 0) is 6.42 Å². The molecule has 0 saturated heterocycles. The summed E-state index contributed by atoms with van der Waals surface area (Å²) in [5.41, 5.74) is 0. The van der Waals surface area contributed by atoms with Gasteiger partial charge in [-0.15, -0.1) is 17.9 Å². The molecule has 1 radical (unpaired) electrons. The second kappa shape index (κ2) is 2.68. The summed E-state index contributed by atoms with van der Waals surface area (Å²) in [4.78, 5) is 1.26. The van der Waals surface area contributed by atoms with Crippen molar-refractivity contribution >= 4 is 11.3 Å². The van der Waals surface area contributed by atoms with Gasteiger partial charge in [0.25, 0.3) is 0 Å². The number of rotatable bonds is 2. The summed E-state index contributed by atoms with van der Waals surface area (Å²) in [6.45, 7) is 3.62. The Hall–Kier alpha value is -0.560. The third-order valence-corrected chi connectivity index (χ3v) is 1.69. The van der Waals surface area contributed by atoms with Gasteiger partial charge in [-0.25, -0.2) is 0 Å². The summed E-state index contributed by atoms with van der Waals surface area (Å²) in [7, 11) is 0. The predicted octanol–water partition coefficient (Wildman–Crippen LogP) is 2.28. The van der Waals surface area contributed by atoms with Crippen molar-refractivity contribution < 1.29 is 0 Å². The second-order valence-corrected chi connectivity index (χ2v) is 2.48. The quantitative estimate of drug-likeness (QED) is 0.529. The van der Waals surface area contributed by atoms with Crippen LogP contribution in [0.3, 0.4) is 0 Å². The number of hydrogen-bond donors (Lipinski definition) is 0. The summed E-state index contributed by atoms with van der Waals surface area (Å²) in [5.74, 6) is 0. The molecule has 1 heteroatoms. The lowest BCUT2D eigenvalue weighted by Gasteiger charge is -1.80. The first-order valence-corrected chi connectivity index (χ1v) is 3.36. The van der Waals surface area contributed by atoms with Gasteiger partial charge in [0.2, 0.25) is 0 Å². The average Bonchev–Trinajstić information content (AvgIpc) is 2.19. The minimum Gasteiger partial charge on any atom is -0.148 e. The lowest BCUT2D eigenvalue weighted by atomic mass is 10.3. The van der Waals surface area contributed by atoms with Crippen LogP contribution in [-0.4, -0.2) is 0 Å². The maximum Gasteiger partial charge on any atom is 0.0161 e. The van der Waals surface area contributed by atoms with Gasteiger partial charge >= 0.3 is 0 Å². The molecule has 0 spiro atoms. The molecule has 1 aromatic heterocycles. The van der Waals surface area contributed by atoms with Crippen molar-refractivity contribution in [3.05, 3.63) is 35.0 Å². The normalized spacial score (nSPS) is 9.00. The van der Waals surface area contributed by atoms with Crippen molar-refractivity contribution in [1.29, 1.82) is 0 Å². The smallest absolute Gasteiger partial charge is 0.0161 e. The van der Waals surface area contributed by atoms with Gasteiger partial charge in [0.15, 0.2) is 0 Å².